The summed E-state index contributed by atoms with van der Waals surface area (Å²) in [6.07, 6.45) is 2.93. The van der Waals surface area contributed by atoms with E-state index in [2.05, 4.69) is 23.2 Å². The van der Waals surface area contributed by atoms with Crippen LogP contribution >= 0.6 is 12.2 Å². The first kappa shape index (κ1) is 11.1. The van der Waals surface area contributed by atoms with Gasteiger partial charge in [-0.15, -0.1) is 0 Å². The first-order valence-electron chi connectivity index (χ1n) is 5.35. The van der Waals surface area contributed by atoms with E-state index in [1.807, 2.05) is 24.4 Å². The molecule has 0 aliphatic rings. The van der Waals surface area contributed by atoms with Gasteiger partial charge < -0.3 is 10.1 Å². The van der Waals surface area contributed by atoms with E-state index in [4.69, 9.17) is 18.0 Å². The van der Waals surface area contributed by atoms with Crippen LogP contribution in [0.25, 0.3) is 5.52 Å². The lowest BCUT2D eigenvalue weighted by Crippen LogP contribution is -2.10. The van der Waals surface area contributed by atoms with Gasteiger partial charge in [0.2, 0.25) is 0 Å². The van der Waals surface area contributed by atoms with E-state index in [1.54, 1.807) is 0 Å². The molecule has 3 nitrogen and oxygen atoms in total. The Morgan fingerprint density at radius 3 is 2.88 bits per heavy atom. The standard InChI is InChI=1S/C12H15N3S/c1-8(2)7-10-14-11(12(13)16)9-5-3-4-6-15(9)10/h3-6,8H,7H2,1-2H3,(H2,13,16). The fourth-order valence-electron chi connectivity index (χ4n) is 1.79. The largest absolute Gasteiger partial charge is 0.388 e. The summed E-state index contributed by atoms with van der Waals surface area (Å²) in [6.45, 7) is 4.34. The van der Waals surface area contributed by atoms with Gasteiger partial charge in [0.25, 0.3) is 0 Å². The van der Waals surface area contributed by atoms with Crippen LogP contribution in [0.15, 0.2) is 24.4 Å². The van der Waals surface area contributed by atoms with E-state index < -0.39 is 0 Å². The molecule has 2 N–H and O–H groups in total. The monoisotopic (exact) mass is 233 g/mol. The molecule has 0 saturated heterocycles. The lowest BCUT2D eigenvalue weighted by atomic mass is 10.1. The zero-order valence-electron chi connectivity index (χ0n) is 9.47. The minimum absolute atomic E-state index is 0.360. The maximum atomic E-state index is 5.68. The summed E-state index contributed by atoms with van der Waals surface area (Å²) < 4.78 is 2.06. The molecule has 0 aliphatic heterocycles. The van der Waals surface area contributed by atoms with Crippen LogP contribution in [0.3, 0.4) is 0 Å². The second kappa shape index (κ2) is 4.22. The molecule has 0 atom stereocenters. The third kappa shape index (κ3) is 1.93. The van der Waals surface area contributed by atoms with Gasteiger partial charge in [0.15, 0.2) is 0 Å². The minimum atomic E-state index is 0.360. The number of hydrogen-bond donors (Lipinski definition) is 1. The number of hydrogen-bond acceptors (Lipinski definition) is 2. The van der Waals surface area contributed by atoms with E-state index in [9.17, 15) is 0 Å². The Kier molecular flexibility index (Phi) is 2.92. The lowest BCUT2D eigenvalue weighted by molar-refractivity contribution is 0.619. The van der Waals surface area contributed by atoms with E-state index in [1.165, 1.54) is 0 Å². The molecule has 0 aromatic carbocycles. The highest BCUT2D eigenvalue weighted by atomic mass is 32.1. The maximum absolute atomic E-state index is 5.68. The molecule has 0 amide bonds. The van der Waals surface area contributed by atoms with Gasteiger partial charge in [-0.1, -0.05) is 32.1 Å². The van der Waals surface area contributed by atoms with Crippen molar-refractivity contribution in [2.24, 2.45) is 11.7 Å². The van der Waals surface area contributed by atoms with Crippen molar-refractivity contribution in [1.82, 2.24) is 9.38 Å². The highest BCUT2D eigenvalue weighted by Gasteiger charge is 2.12. The predicted octanol–water partition coefficient (Wildman–Crippen LogP) is 2.17. The Morgan fingerprint density at radius 1 is 1.50 bits per heavy atom. The smallest absolute Gasteiger partial charge is 0.124 e. The first-order chi connectivity index (χ1) is 7.59. The van der Waals surface area contributed by atoms with E-state index in [0.29, 0.717) is 10.9 Å². The summed E-state index contributed by atoms with van der Waals surface area (Å²) in [7, 11) is 0. The zero-order valence-corrected chi connectivity index (χ0v) is 10.3. The van der Waals surface area contributed by atoms with Crippen molar-refractivity contribution in [1.29, 1.82) is 0 Å². The molecule has 0 fully saturated rings. The molecule has 2 rings (SSSR count). The predicted molar refractivity (Wildman–Crippen MR) is 69.6 cm³/mol. The molecule has 2 aromatic rings. The summed E-state index contributed by atoms with van der Waals surface area (Å²) >= 11 is 5.02. The summed E-state index contributed by atoms with van der Waals surface area (Å²) in [4.78, 5) is 4.89. The number of pyridine rings is 1. The molecule has 84 valence electrons. The van der Waals surface area contributed by atoms with Crippen LogP contribution in [0.4, 0.5) is 0 Å². The number of rotatable bonds is 3. The normalized spacial score (nSPS) is 11.2. The van der Waals surface area contributed by atoms with Crippen molar-refractivity contribution in [3.05, 3.63) is 35.9 Å². The lowest BCUT2D eigenvalue weighted by Gasteiger charge is -2.02. The van der Waals surface area contributed by atoms with Gasteiger partial charge in [0, 0.05) is 12.6 Å². The SMILES string of the molecule is CC(C)Cc1nc(C(N)=S)c2ccccn12. The Hall–Kier alpha value is -1.42. The molecule has 0 aliphatic carbocycles. The van der Waals surface area contributed by atoms with Crippen LogP contribution in [-0.2, 0) is 6.42 Å². The average molecular weight is 233 g/mol. The molecule has 0 saturated carbocycles. The van der Waals surface area contributed by atoms with E-state index in [0.717, 1.165) is 23.5 Å². The number of nitrogens with zero attached hydrogens (tertiary/aromatic N) is 2. The molecular formula is C12H15N3S. The van der Waals surface area contributed by atoms with Gasteiger partial charge in [-0.25, -0.2) is 4.98 Å². The molecule has 16 heavy (non-hydrogen) atoms. The highest BCUT2D eigenvalue weighted by molar-refractivity contribution is 7.80. The van der Waals surface area contributed by atoms with Gasteiger partial charge in [-0.2, -0.15) is 0 Å². The van der Waals surface area contributed by atoms with Gasteiger partial charge in [-0.3, -0.25) is 0 Å². The number of aromatic nitrogens is 2. The third-order valence-electron chi connectivity index (χ3n) is 2.45. The quantitative estimate of drug-likeness (QED) is 0.826. The van der Waals surface area contributed by atoms with Crippen molar-refractivity contribution in [3.63, 3.8) is 0 Å². The van der Waals surface area contributed by atoms with Crippen molar-refractivity contribution in [3.8, 4) is 0 Å². The number of fused-ring (bicyclic) bond motifs is 1. The average Bonchev–Trinajstić information content (AvgIpc) is 2.57. The molecule has 0 spiro atoms. The molecule has 0 bridgehead atoms. The second-order valence-corrected chi connectivity index (χ2v) is 4.73. The fourth-order valence-corrected chi connectivity index (χ4v) is 1.94. The number of imidazole rings is 1. The number of thiocarbonyl (C=S) groups is 1. The van der Waals surface area contributed by atoms with Crippen LogP contribution in [-0.4, -0.2) is 14.4 Å². The van der Waals surface area contributed by atoms with E-state index in [-0.39, 0.29) is 0 Å². The third-order valence-corrected chi connectivity index (χ3v) is 2.64. The van der Waals surface area contributed by atoms with Gasteiger partial charge in [0.05, 0.1) is 5.52 Å². The van der Waals surface area contributed by atoms with E-state index >= 15 is 0 Å². The summed E-state index contributed by atoms with van der Waals surface area (Å²) in [5.74, 6) is 1.58. The van der Waals surface area contributed by atoms with Crippen LogP contribution < -0.4 is 5.73 Å². The highest BCUT2D eigenvalue weighted by Crippen LogP contribution is 2.15. The summed E-state index contributed by atoms with van der Waals surface area (Å²) in [6, 6.07) is 5.95. The van der Waals surface area contributed by atoms with Gasteiger partial charge in [-0.05, 0) is 18.1 Å². The first-order valence-corrected chi connectivity index (χ1v) is 5.76. The Bertz CT molecular complexity index is 528. The summed E-state index contributed by atoms with van der Waals surface area (Å²) in [5.41, 5.74) is 7.40. The van der Waals surface area contributed by atoms with Crippen molar-refractivity contribution < 1.29 is 0 Å². The minimum Gasteiger partial charge on any atom is -0.388 e. The second-order valence-electron chi connectivity index (χ2n) is 4.29. The van der Waals surface area contributed by atoms with Crippen LogP contribution in [0.2, 0.25) is 0 Å². The molecule has 2 aromatic heterocycles. The molecule has 0 unspecified atom stereocenters. The summed E-state index contributed by atoms with van der Waals surface area (Å²) in [5, 5.41) is 0. The van der Waals surface area contributed by atoms with Gasteiger partial charge >= 0.3 is 0 Å². The number of nitrogens with two attached hydrogens (primary N) is 1. The Morgan fingerprint density at radius 2 is 2.25 bits per heavy atom. The molecule has 0 radical (unpaired) electrons. The maximum Gasteiger partial charge on any atom is 0.124 e. The van der Waals surface area contributed by atoms with Crippen molar-refractivity contribution in [2.75, 3.05) is 0 Å². The van der Waals surface area contributed by atoms with Crippen LogP contribution in [0.5, 0.6) is 0 Å². The van der Waals surface area contributed by atoms with Crippen LogP contribution in [0, 0.1) is 5.92 Å². The van der Waals surface area contributed by atoms with Crippen LogP contribution in [0.1, 0.15) is 25.4 Å². The van der Waals surface area contributed by atoms with Crippen molar-refractivity contribution in [2.45, 2.75) is 20.3 Å². The molecular weight excluding hydrogens is 218 g/mol. The Labute approximate surface area is 100 Å². The Balaban J connectivity index is 2.62. The zero-order chi connectivity index (χ0) is 11.7. The fraction of sp³-hybridized carbons (Fsp3) is 0.333. The molecule has 4 heteroatoms. The molecule has 2 heterocycles. The topological polar surface area (TPSA) is 43.3 Å². The van der Waals surface area contributed by atoms with Crippen molar-refractivity contribution >= 4 is 22.7 Å². The van der Waals surface area contributed by atoms with Gasteiger partial charge in [0.1, 0.15) is 16.5 Å².